The van der Waals surface area contributed by atoms with Gasteiger partial charge < -0.3 is 24.8 Å². The van der Waals surface area contributed by atoms with Crippen LogP contribution in [0.2, 0.25) is 0 Å². The van der Waals surface area contributed by atoms with E-state index in [2.05, 4.69) is 22.0 Å². The average molecular weight is 394 g/mol. The van der Waals surface area contributed by atoms with Crippen molar-refractivity contribution in [3.8, 4) is 17.2 Å². The summed E-state index contributed by atoms with van der Waals surface area (Å²) in [5, 5.41) is 0.763. The Kier molecular flexibility index (Phi) is 5.29. The molecule has 1 aliphatic heterocycles. The van der Waals surface area contributed by atoms with Crippen molar-refractivity contribution in [3.05, 3.63) is 42.0 Å². The fourth-order valence-electron chi connectivity index (χ4n) is 3.90. The van der Waals surface area contributed by atoms with E-state index in [0.717, 1.165) is 42.6 Å². The SMILES string of the molecule is COc1ccc(C2CCN(c3nc(N)c4cc(OC)c(OC)cc4n3)CC2)cc1. The third-order valence-electron chi connectivity index (χ3n) is 5.58. The van der Waals surface area contributed by atoms with Crippen LogP contribution in [0.5, 0.6) is 17.2 Å². The molecule has 0 spiro atoms. The molecule has 4 rings (SSSR count). The Hall–Kier alpha value is -3.22. The normalized spacial score (nSPS) is 14.8. The lowest BCUT2D eigenvalue weighted by Crippen LogP contribution is -2.34. The second-order valence-electron chi connectivity index (χ2n) is 7.17. The van der Waals surface area contributed by atoms with Crippen LogP contribution in [0.15, 0.2) is 36.4 Å². The molecular weight excluding hydrogens is 368 g/mol. The number of anilines is 2. The number of fused-ring (bicyclic) bond motifs is 1. The summed E-state index contributed by atoms with van der Waals surface area (Å²) in [6, 6.07) is 12.0. The van der Waals surface area contributed by atoms with Gasteiger partial charge in [-0.2, -0.15) is 4.98 Å². The molecule has 0 atom stereocenters. The third kappa shape index (κ3) is 3.72. The zero-order valence-electron chi connectivity index (χ0n) is 17.0. The van der Waals surface area contributed by atoms with E-state index in [1.807, 2.05) is 24.3 Å². The van der Waals surface area contributed by atoms with Crippen LogP contribution in [-0.4, -0.2) is 44.4 Å². The number of benzene rings is 2. The smallest absolute Gasteiger partial charge is 0.227 e. The van der Waals surface area contributed by atoms with E-state index in [9.17, 15) is 0 Å². The predicted octanol–water partition coefficient (Wildman–Crippen LogP) is 3.62. The van der Waals surface area contributed by atoms with Crippen molar-refractivity contribution in [2.24, 2.45) is 0 Å². The zero-order chi connectivity index (χ0) is 20.4. The minimum absolute atomic E-state index is 0.447. The lowest BCUT2D eigenvalue weighted by molar-refractivity contribution is 0.356. The highest BCUT2D eigenvalue weighted by Gasteiger charge is 2.23. The number of hydrogen-bond acceptors (Lipinski definition) is 7. The van der Waals surface area contributed by atoms with Gasteiger partial charge in [0.15, 0.2) is 11.5 Å². The van der Waals surface area contributed by atoms with Gasteiger partial charge in [0.2, 0.25) is 5.95 Å². The first-order valence-corrected chi connectivity index (χ1v) is 9.71. The maximum atomic E-state index is 6.24. The molecule has 1 aromatic heterocycles. The molecule has 0 unspecified atom stereocenters. The average Bonchev–Trinajstić information content (AvgIpc) is 2.78. The Morgan fingerprint density at radius 2 is 1.55 bits per heavy atom. The first kappa shape index (κ1) is 19.1. The quantitative estimate of drug-likeness (QED) is 0.708. The van der Waals surface area contributed by atoms with E-state index >= 15 is 0 Å². The Labute approximate surface area is 170 Å². The summed E-state index contributed by atoms with van der Waals surface area (Å²) in [5.74, 6) is 3.77. The molecule has 3 aromatic rings. The number of piperidine rings is 1. The highest BCUT2D eigenvalue weighted by atomic mass is 16.5. The second-order valence-corrected chi connectivity index (χ2v) is 7.17. The number of nitrogens with zero attached hydrogens (tertiary/aromatic N) is 3. The number of nitrogen functional groups attached to an aromatic ring is 1. The van der Waals surface area contributed by atoms with Crippen LogP contribution in [-0.2, 0) is 0 Å². The third-order valence-corrected chi connectivity index (χ3v) is 5.58. The van der Waals surface area contributed by atoms with E-state index in [0.29, 0.717) is 29.2 Å². The topological polar surface area (TPSA) is 82.7 Å². The van der Waals surface area contributed by atoms with Crippen LogP contribution < -0.4 is 24.8 Å². The van der Waals surface area contributed by atoms with E-state index in [-0.39, 0.29) is 0 Å². The first-order chi connectivity index (χ1) is 14.1. The predicted molar refractivity (Wildman–Crippen MR) is 114 cm³/mol. The van der Waals surface area contributed by atoms with Gasteiger partial charge >= 0.3 is 0 Å². The van der Waals surface area contributed by atoms with Crippen molar-refractivity contribution < 1.29 is 14.2 Å². The van der Waals surface area contributed by atoms with Crippen LogP contribution >= 0.6 is 0 Å². The van der Waals surface area contributed by atoms with Crippen LogP contribution in [0.3, 0.4) is 0 Å². The molecule has 29 heavy (non-hydrogen) atoms. The van der Waals surface area contributed by atoms with E-state index in [1.54, 1.807) is 21.3 Å². The summed E-state index contributed by atoms with van der Waals surface area (Å²) in [5.41, 5.74) is 8.34. The summed E-state index contributed by atoms with van der Waals surface area (Å²) >= 11 is 0. The molecular formula is C22H26N4O3. The monoisotopic (exact) mass is 394 g/mol. The molecule has 0 amide bonds. The van der Waals surface area contributed by atoms with Crippen molar-refractivity contribution in [3.63, 3.8) is 0 Å². The van der Waals surface area contributed by atoms with Crippen molar-refractivity contribution in [2.75, 3.05) is 45.1 Å². The largest absolute Gasteiger partial charge is 0.497 e. The van der Waals surface area contributed by atoms with Gasteiger partial charge in [-0.15, -0.1) is 0 Å². The molecule has 0 saturated carbocycles. The van der Waals surface area contributed by atoms with Crippen LogP contribution in [0.1, 0.15) is 24.3 Å². The number of methoxy groups -OCH3 is 3. The number of hydrogen-bond donors (Lipinski definition) is 1. The fourth-order valence-corrected chi connectivity index (χ4v) is 3.90. The van der Waals surface area contributed by atoms with Crippen molar-refractivity contribution in [1.82, 2.24) is 9.97 Å². The molecule has 2 N–H and O–H groups in total. The second kappa shape index (κ2) is 8.03. The van der Waals surface area contributed by atoms with Crippen LogP contribution in [0.4, 0.5) is 11.8 Å². The van der Waals surface area contributed by atoms with E-state index in [1.165, 1.54) is 5.56 Å². The molecule has 1 aliphatic rings. The van der Waals surface area contributed by atoms with E-state index in [4.69, 9.17) is 24.9 Å². The first-order valence-electron chi connectivity index (χ1n) is 9.71. The van der Waals surface area contributed by atoms with Crippen LogP contribution in [0, 0.1) is 0 Å². The summed E-state index contributed by atoms with van der Waals surface area (Å²) < 4.78 is 16.0. The summed E-state index contributed by atoms with van der Waals surface area (Å²) in [7, 11) is 4.90. The van der Waals surface area contributed by atoms with Gasteiger partial charge in [0.25, 0.3) is 0 Å². The minimum Gasteiger partial charge on any atom is -0.497 e. The molecule has 152 valence electrons. The lowest BCUT2D eigenvalue weighted by atomic mass is 9.89. The Morgan fingerprint density at radius 1 is 0.897 bits per heavy atom. The minimum atomic E-state index is 0.447. The van der Waals surface area contributed by atoms with Crippen molar-refractivity contribution >= 4 is 22.7 Å². The Bertz CT molecular complexity index is 999. The van der Waals surface area contributed by atoms with Gasteiger partial charge in [0.1, 0.15) is 11.6 Å². The van der Waals surface area contributed by atoms with Crippen molar-refractivity contribution in [1.29, 1.82) is 0 Å². The lowest BCUT2D eigenvalue weighted by Gasteiger charge is -2.32. The highest BCUT2D eigenvalue weighted by Crippen LogP contribution is 2.35. The molecule has 0 bridgehead atoms. The Morgan fingerprint density at radius 3 is 2.17 bits per heavy atom. The molecule has 0 aliphatic carbocycles. The fraction of sp³-hybridized carbons (Fsp3) is 0.364. The standard InChI is InChI=1S/C22H26N4O3/c1-27-16-6-4-14(5-7-16)15-8-10-26(11-9-15)22-24-18-13-20(29-3)19(28-2)12-17(18)21(23)25-22/h4-7,12-13,15H,8-11H2,1-3H3,(H2,23,24,25). The summed E-state index contributed by atoms with van der Waals surface area (Å²) in [6.07, 6.45) is 2.08. The van der Waals surface area contributed by atoms with Gasteiger partial charge in [0.05, 0.1) is 26.8 Å². The summed E-state index contributed by atoms with van der Waals surface area (Å²) in [4.78, 5) is 11.5. The van der Waals surface area contributed by atoms with Gasteiger partial charge in [0, 0.05) is 24.5 Å². The number of ether oxygens (including phenoxy) is 3. The maximum absolute atomic E-state index is 6.24. The number of nitrogens with two attached hydrogens (primary N) is 1. The van der Waals surface area contributed by atoms with Gasteiger partial charge in [-0.05, 0) is 42.5 Å². The van der Waals surface area contributed by atoms with Gasteiger partial charge in [-0.25, -0.2) is 4.98 Å². The van der Waals surface area contributed by atoms with E-state index < -0.39 is 0 Å². The number of rotatable bonds is 5. The molecule has 7 heteroatoms. The number of aromatic nitrogens is 2. The molecule has 1 fully saturated rings. The van der Waals surface area contributed by atoms with Gasteiger partial charge in [-0.3, -0.25) is 0 Å². The molecule has 0 radical (unpaired) electrons. The molecule has 7 nitrogen and oxygen atoms in total. The maximum Gasteiger partial charge on any atom is 0.227 e. The molecule has 1 saturated heterocycles. The Balaban J connectivity index is 1.54. The summed E-state index contributed by atoms with van der Waals surface area (Å²) in [6.45, 7) is 1.77. The zero-order valence-corrected chi connectivity index (χ0v) is 17.0. The van der Waals surface area contributed by atoms with Crippen molar-refractivity contribution in [2.45, 2.75) is 18.8 Å². The van der Waals surface area contributed by atoms with Crippen LogP contribution in [0.25, 0.3) is 10.9 Å². The molecule has 2 heterocycles. The molecule has 2 aromatic carbocycles. The van der Waals surface area contributed by atoms with Gasteiger partial charge in [-0.1, -0.05) is 12.1 Å². The highest BCUT2D eigenvalue weighted by molar-refractivity contribution is 5.91.